The van der Waals surface area contributed by atoms with E-state index in [2.05, 4.69) is 5.32 Å². The Balaban J connectivity index is 2.45. The SMILES string of the molecule is COc1cc(-c2ccccc2Cl)ccc1NC(C)=O. The lowest BCUT2D eigenvalue weighted by molar-refractivity contribution is -0.114. The van der Waals surface area contributed by atoms with Crippen LogP contribution in [0.15, 0.2) is 42.5 Å². The number of hydrogen-bond donors (Lipinski definition) is 1. The summed E-state index contributed by atoms with van der Waals surface area (Å²) in [5.74, 6) is 0.469. The second-order valence-electron chi connectivity index (χ2n) is 4.08. The molecule has 0 saturated carbocycles. The van der Waals surface area contributed by atoms with Gasteiger partial charge in [-0.15, -0.1) is 0 Å². The zero-order valence-electron chi connectivity index (χ0n) is 10.7. The van der Waals surface area contributed by atoms with Crippen molar-refractivity contribution in [2.45, 2.75) is 6.92 Å². The number of anilines is 1. The number of methoxy groups -OCH3 is 1. The van der Waals surface area contributed by atoms with Crippen LogP contribution in [0.5, 0.6) is 5.75 Å². The lowest BCUT2D eigenvalue weighted by Crippen LogP contribution is -2.07. The Hall–Kier alpha value is -2.00. The highest BCUT2D eigenvalue weighted by Crippen LogP contribution is 2.33. The minimum Gasteiger partial charge on any atom is -0.495 e. The van der Waals surface area contributed by atoms with Crippen molar-refractivity contribution in [2.24, 2.45) is 0 Å². The Labute approximate surface area is 117 Å². The number of carbonyl (C=O) groups excluding carboxylic acids is 1. The number of rotatable bonds is 3. The molecule has 0 aliphatic rings. The van der Waals surface area contributed by atoms with E-state index in [1.165, 1.54) is 6.92 Å². The third-order valence-electron chi connectivity index (χ3n) is 2.70. The second-order valence-corrected chi connectivity index (χ2v) is 4.48. The van der Waals surface area contributed by atoms with Gasteiger partial charge in [0.2, 0.25) is 5.91 Å². The van der Waals surface area contributed by atoms with Crippen LogP contribution >= 0.6 is 11.6 Å². The van der Waals surface area contributed by atoms with Crippen molar-refractivity contribution in [3.05, 3.63) is 47.5 Å². The maximum absolute atomic E-state index is 11.1. The maximum atomic E-state index is 11.1. The minimum absolute atomic E-state index is 0.135. The number of halogens is 1. The van der Waals surface area contributed by atoms with Crippen molar-refractivity contribution in [2.75, 3.05) is 12.4 Å². The van der Waals surface area contributed by atoms with E-state index in [4.69, 9.17) is 16.3 Å². The molecular weight excluding hydrogens is 262 g/mol. The van der Waals surface area contributed by atoms with E-state index in [9.17, 15) is 4.79 Å². The van der Waals surface area contributed by atoms with E-state index < -0.39 is 0 Å². The summed E-state index contributed by atoms with van der Waals surface area (Å²) >= 11 is 6.17. The van der Waals surface area contributed by atoms with E-state index >= 15 is 0 Å². The smallest absolute Gasteiger partial charge is 0.221 e. The second kappa shape index (κ2) is 5.76. The van der Waals surface area contributed by atoms with Crippen molar-refractivity contribution < 1.29 is 9.53 Å². The molecule has 0 fully saturated rings. The van der Waals surface area contributed by atoms with Crippen molar-refractivity contribution in [1.29, 1.82) is 0 Å². The molecule has 0 atom stereocenters. The fourth-order valence-corrected chi connectivity index (χ4v) is 2.09. The zero-order valence-corrected chi connectivity index (χ0v) is 11.5. The summed E-state index contributed by atoms with van der Waals surface area (Å²) < 4.78 is 5.29. The molecule has 2 aromatic rings. The largest absolute Gasteiger partial charge is 0.495 e. The van der Waals surface area contributed by atoms with E-state index in [0.717, 1.165) is 11.1 Å². The molecule has 1 N–H and O–H groups in total. The van der Waals surface area contributed by atoms with Crippen LogP contribution in [0, 0.1) is 0 Å². The van der Waals surface area contributed by atoms with Crippen molar-refractivity contribution in [3.8, 4) is 16.9 Å². The highest BCUT2D eigenvalue weighted by atomic mass is 35.5. The van der Waals surface area contributed by atoms with Crippen LogP contribution in [-0.4, -0.2) is 13.0 Å². The Bertz CT molecular complexity index is 611. The molecule has 0 spiro atoms. The first-order valence-electron chi connectivity index (χ1n) is 5.82. The van der Waals surface area contributed by atoms with Gasteiger partial charge in [0.1, 0.15) is 5.75 Å². The first-order chi connectivity index (χ1) is 9.11. The van der Waals surface area contributed by atoms with Crippen molar-refractivity contribution >= 4 is 23.2 Å². The first-order valence-corrected chi connectivity index (χ1v) is 6.20. The number of carbonyl (C=O) groups is 1. The van der Waals surface area contributed by atoms with Crippen molar-refractivity contribution in [3.63, 3.8) is 0 Å². The van der Waals surface area contributed by atoms with Gasteiger partial charge in [-0.3, -0.25) is 4.79 Å². The van der Waals surface area contributed by atoms with Crippen LogP contribution in [0.2, 0.25) is 5.02 Å². The van der Waals surface area contributed by atoms with Crippen LogP contribution in [0.4, 0.5) is 5.69 Å². The molecule has 0 saturated heterocycles. The van der Waals surface area contributed by atoms with Gasteiger partial charge in [0.25, 0.3) is 0 Å². The van der Waals surface area contributed by atoms with Crippen LogP contribution in [0.1, 0.15) is 6.92 Å². The highest BCUT2D eigenvalue weighted by molar-refractivity contribution is 6.33. The van der Waals surface area contributed by atoms with Gasteiger partial charge in [0.15, 0.2) is 0 Å². The average Bonchev–Trinajstić information content (AvgIpc) is 2.39. The summed E-state index contributed by atoms with van der Waals surface area (Å²) in [7, 11) is 1.57. The molecule has 0 aromatic heterocycles. The fourth-order valence-electron chi connectivity index (χ4n) is 1.85. The quantitative estimate of drug-likeness (QED) is 0.920. The summed E-state index contributed by atoms with van der Waals surface area (Å²) in [4.78, 5) is 11.1. The molecule has 98 valence electrons. The maximum Gasteiger partial charge on any atom is 0.221 e. The molecule has 1 amide bonds. The molecule has 0 aliphatic heterocycles. The van der Waals surface area contributed by atoms with Gasteiger partial charge in [-0.2, -0.15) is 0 Å². The first kappa shape index (κ1) is 13.4. The molecule has 2 aromatic carbocycles. The van der Waals surface area contributed by atoms with Gasteiger partial charge in [0, 0.05) is 17.5 Å². The van der Waals surface area contributed by atoms with Gasteiger partial charge in [-0.25, -0.2) is 0 Å². The zero-order chi connectivity index (χ0) is 13.8. The normalized spacial score (nSPS) is 10.1. The van der Waals surface area contributed by atoms with Crippen molar-refractivity contribution in [1.82, 2.24) is 0 Å². The van der Waals surface area contributed by atoms with Gasteiger partial charge >= 0.3 is 0 Å². The molecule has 0 aliphatic carbocycles. The number of ether oxygens (including phenoxy) is 1. The molecule has 4 heteroatoms. The standard InChI is InChI=1S/C15H14ClNO2/c1-10(18)17-14-8-7-11(9-15(14)19-2)12-5-3-4-6-13(12)16/h3-9H,1-2H3,(H,17,18). The minimum atomic E-state index is -0.135. The Morgan fingerprint density at radius 3 is 2.58 bits per heavy atom. The number of benzene rings is 2. The van der Waals surface area contributed by atoms with E-state index in [1.807, 2.05) is 36.4 Å². The average molecular weight is 276 g/mol. The van der Waals surface area contributed by atoms with E-state index in [-0.39, 0.29) is 5.91 Å². The summed E-state index contributed by atoms with van der Waals surface area (Å²) in [6.45, 7) is 1.46. The molecule has 2 rings (SSSR count). The van der Waals surface area contributed by atoms with Crippen LogP contribution in [-0.2, 0) is 4.79 Å². The highest BCUT2D eigenvalue weighted by Gasteiger charge is 2.08. The number of amides is 1. The molecule has 3 nitrogen and oxygen atoms in total. The third kappa shape index (κ3) is 3.06. The Morgan fingerprint density at radius 2 is 1.95 bits per heavy atom. The molecule has 0 radical (unpaired) electrons. The van der Waals surface area contributed by atoms with Gasteiger partial charge in [-0.1, -0.05) is 35.9 Å². The molecule has 0 unspecified atom stereocenters. The predicted molar refractivity (Wildman–Crippen MR) is 77.7 cm³/mol. The summed E-state index contributed by atoms with van der Waals surface area (Å²) in [5.41, 5.74) is 2.51. The van der Waals surface area contributed by atoms with E-state index in [1.54, 1.807) is 13.2 Å². The van der Waals surface area contributed by atoms with E-state index in [0.29, 0.717) is 16.5 Å². The fraction of sp³-hybridized carbons (Fsp3) is 0.133. The van der Waals surface area contributed by atoms with Gasteiger partial charge < -0.3 is 10.1 Å². The number of hydrogen-bond acceptors (Lipinski definition) is 2. The number of nitrogens with one attached hydrogen (secondary N) is 1. The third-order valence-corrected chi connectivity index (χ3v) is 3.03. The lowest BCUT2D eigenvalue weighted by Gasteiger charge is -2.11. The lowest BCUT2D eigenvalue weighted by atomic mass is 10.0. The van der Waals surface area contributed by atoms with Crippen LogP contribution < -0.4 is 10.1 Å². The summed E-state index contributed by atoms with van der Waals surface area (Å²) in [6.07, 6.45) is 0. The Morgan fingerprint density at radius 1 is 1.21 bits per heavy atom. The molecule has 19 heavy (non-hydrogen) atoms. The molecular formula is C15H14ClNO2. The van der Waals surface area contributed by atoms with Gasteiger partial charge in [0.05, 0.1) is 12.8 Å². The topological polar surface area (TPSA) is 38.3 Å². The monoisotopic (exact) mass is 275 g/mol. The van der Waals surface area contributed by atoms with Crippen LogP contribution in [0.3, 0.4) is 0 Å². The molecule has 0 bridgehead atoms. The molecule has 0 heterocycles. The summed E-state index contributed by atoms with van der Waals surface area (Å²) in [5, 5.41) is 3.40. The van der Waals surface area contributed by atoms with Gasteiger partial charge in [-0.05, 0) is 23.8 Å². The Kier molecular flexibility index (Phi) is 4.07. The predicted octanol–water partition coefficient (Wildman–Crippen LogP) is 3.97. The van der Waals surface area contributed by atoms with Crippen LogP contribution in [0.25, 0.3) is 11.1 Å². The summed E-state index contributed by atoms with van der Waals surface area (Å²) in [6, 6.07) is 13.1.